The summed E-state index contributed by atoms with van der Waals surface area (Å²) >= 11 is 0. The first kappa shape index (κ1) is 14.9. The fourth-order valence-corrected chi connectivity index (χ4v) is 3.12. The summed E-state index contributed by atoms with van der Waals surface area (Å²) in [4.78, 5) is 0. The Morgan fingerprint density at radius 3 is 2.29 bits per heavy atom. The van der Waals surface area contributed by atoms with Crippen LogP contribution in [0.2, 0.25) is 0 Å². The lowest BCUT2D eigenvalue weighted by molar-refractivity contribution is -0.137. The molecule has 1 aliphatic rings. The molecule has 0 aliphatic carbocycles. The van der Waals surface area contributed by atoms with E-state index in [0.717, 1.165) is 17.7 Å². The van der Waals surface area contributed by atoms with Gasteiger partial charge in [0.15, 0.2) is 0 Å². The number of nitrogens with zero attached hydrogens (tertiary/aromatic N) is 2. The number of halogens is 4. The maximum absolute atomic E-state index is 14.2. The highest BCUT2D eigenvalue weighted by molar-refractivity contribution is 5.53. The van der Waals surface area contributed by atoms with Gasteiger partial charge >= 0.3 is 6.18 Å². The summed E-state index contributed by atoms with van der Waals surface area (Å²) in [5.41, 5.74) is 1.24. The van der Waals surface area contributed by atoms with Crippen molar-refractivity contribution in [1.82, 2.24) is 9.36 Å². The van der Waals surface area contributed by atoms with Gasteiger partial charge in [-0.3, -0.25) is 0 Å². The van der Waals surface area contributed by atoms with Crippen LogP contribution in [0.4, 0.5) is 17.6 Å². The Bertz CT molecular complexity index is 919. The van der Waals surface area contributed by atoms with E-state index in [4.69, 9.17) is 0 Å². The molecule has 2 aromatic carbocycles. The highest BCUT2D eigenvalue weighted by Gasteiger charge is 2.32. The van der Waals surface area contributed by atoms with Crippen molar-refractivity contribution >= 4 is 0 Å². The maximum atomic E-state index is 14.2. The summed E-state index contributed by atoms with van der Waals surface area (Å²) in [7, 11) is 0. The second-order valence-electron chi connectivity index (χ2n) is 5.69. The molecule has 0 spiro atoms. The number of hydrogen-bond acceptors (Lipinski definition) is 1. The summed E-state index contributed by atoms with van der Waals surface area (Å²) in [5, 5.41) is 10.2. The zero-order valence-electron chi connectivity index (χ0n) is 12.3. The van der Waals surface area contributed by atoms with Crippen LogP contribution in [0.3, 0.4) is 0 Å². The van der Waals surface area contributed by atoms with E-state index in [1.165, 1.54) is 27.6 Å². The quantitative estimate of drug-likeness (QED) is 0.662. The molecule has 24 heavy (non-hydrogen) atoms. The van der Waals surface area contributed by atoms with Crippen LogP contribution in [0.15, 0.2) is 42.5 Å². The predicted octanol–water partition coefficient (Wildman–Crippen LogP) is 4.23. The Morgan fingerprint density at radius 2 is 1.62 bits per heavy atom. The minimum Gasteiger partial charge on any atom is -0.492 e. The molecule has 7 heteroatoms. The third-order valence-electron chi connectivity index (χ3n) is 4.27. The van der Waals surface area contributed by atoms with Crippen LogP contribution in [-0.4, -0.2) is 14.5 Å². The van der Waals surface area contributed by atoms with E-state index in [1.54, 1.807) is 12.1 Å². The molecule has 3 nitrogen and oxygen atoms in total. The van der Waals surface area contributed by atoms with Gasteiger partial charge in [-0.15, -0.1) is 0 Å². The van der Waals surface area contributed by atoms with Crippen LogP contribution in [-0.2, 0) is 19.0 Å². The molecule has 0 saturated carbocycles. The maximum Gasteiger partial charge on any atom is 0.416 e. The van der Waals surface area contributed by atoms with Crippen molar-refractivity contribution in [2.45, 2.75) is 19.0 Å². The number of aryl methyl sites for hydroxylation is 1. The lowest BCUT2D eigenvalue weighted by Gasteiger charge is -2.33. The van der Waals surface area contributed by atoms with Gasteiger partial charge in [0.25, 0.3) is 0 Å². The van der Waals surface area contributed by atoms with Gasteiger partial charge in [0.05, 0.1) is 11.3 Å². The average Bonchev–Trinajstić information content (AvgIpc) is 2.54. The van der Waals surface area contributed by atoms with E-state index in [-0.39, 0.29) is 5.88 Å². The molecule has 1 aromatic heterocycles. The number of rotatable bonds is 1. The summed E-state index contributed by atoms with van der Waals surface area (Å²) in [6, 6.07) is 9.12. The molecule has 0 radical (unpaired) electrons. The summed E-state index contributed by atoms with van der Waals surface area (Å²) in [5.74, 6) is -0.502. The van der Waals surface area contributed by atoms with Crippen LogP contribution in [0.5, 0.6) is 5.88 Å². The van der Waals surface area contributed by atoms with Gasteiger partial charge in [0.1, 0.15) is 17.2 Å². The third kappa shape index (κ3) is 2.04. The van der Waals surface area contributed by atoms with Crippen molar-refractivity contribution in [2.75, 3.05) is 0 Å². The Balaban J connectivity index is 1.84. The SMILES string of the molecule is Oc1c2n(n1-c1ccc(C(F)(F)F)cc1)-c1c(F)cccc1CC2. The summed E-state index contributed by atoms with van der Waals surface area (Å²) < 4.78 is 55.1. The monoisotopic (exact) mass is 336 g/mol. The molecule has 1 N–H and O–H groups in total. The van der Waals surface area contributed by atoms with Gasteiger partial charge in [0, 0.05) is 0 Å². The summed E-state index contributed by atoms with van der Waals surface area (Å²) in [6.45, 7) is 0. The van der Waals surface area contributed by atoms with Gasteiger partial charge in [0.2, 0.25) is 5.88 Å². The lowest BCUT2D eigenvalue weighted by atomic mass is 10.0. The van der Waals surface area contributed by atoms with Crippen molar-refractivity contribution in [3.8, 4) is 17.3 Å². The van der Waals surface area contributed by atoms with Crippen molar-refractivity contribution < 1.29 is 22.7 Å². The fourth-order valence-electron chi connectivity index (χ4n) is 3.12. The van der Waals surface area contributed by atoms with Crippen molar-refractivity contribution in [3.63, 3.8) is 0 Å². The lowest BCUT2D eigenvalue weighted by Crippen LogP contribution is -2.29. The Kier molecular flexibility index (Phi) is 3.03. The van der Waals surface area contributed by atoms with E-state index >= 15 is 0 Å². The highest BCUT2D eigenvalue weighted by Crippen LogP contribution is 2.38. The number of fused-ring (bicyclic) bond motifs is 3. The van der Waals surface area contributed by atoms with Gasteiger partial charge in [-0.05, 0) is 48.7 Å². The van der Waals surface area contributed by atoms with Gasteiger partial charge in [-0.25, -0.2) is 13.8 Å². The molecule has 0 saturated heterocycles. The number of aromatic hydroxyl groups is 1. The summed E-state index contributed by atoms with van der Waals surface area (Å²) in [6.07, 6.45) is -3.29. The van der Waals surface area contributed by atoms with Crippen molar-refractivity contribution in [3.05, 3.63) is 65.1 Å². The van der Waals surface area contributed by atoms with Crippen LogP contribution in [0.25, 0.3) is 11.4 Å². The molecule has 124 valence electrons. The highest BCUT2D eigenvalue weighted by atomic mass is 19.4. The van der Waals surface area contributed by atoms with Crippen LogP contribution in [0.1, 0.15) is 16.8 Å². The number of alkyl halides is 3. The minimum atomic E-state index is -4.43. The molecule has 0 amide bonds. The number of aromatic nitrogens is 2. The first-order valence-corrected chi connectivity index (χ1v) is 7.35. The normalized spacial score (nSPS) is 13.7. The topological polar surface area (TPSA) is 30.1 Å². The van der Waals surface area contributed by atoms with E-state index in [9.17, 15) is 22.7 Å². The molecule has 0 fully saturated rings. The van der Waals surface area contributed by atoms with Crippen molar-refractivity contribution in [1.29, 1.82) is 0 Å². The second-order valence-corrected chi connectivity index (χ2v) is 5.69. The molecule has 4 rings (SSSR count). The molecule has 2 heterocycles. The molecule has 3 aromatic rings. The number of hydrogen-bond donors (Lipinski definition) is 1. The Hall–Kier alpha value is -2.70. The third-order valence-corrected chi connectivity index (χ3v) is 4.27. The number of benzene rings is 2. The van der Waals surface area contributed by atoms with E-state index in [2.05, 4.69) is 0 Å². The smallest absolute Gasteiger partial charge is 0.416 e. The minimum absolute atomic E-state index is 0.0661. The van der Waals surface area contributed by atoms with Crippen LogP contribution >= 0.6 is 0 Å². The van der Waals surface area contributed by atoms with Gasteiger partial charge in [-0.1, -0.05) is 12.1 Å². The van der Waals surface area contributed by atoms with Gasteiger partial charge in [-0.2, -0.15) is 13.2 Å². The van der Waals surface area contributed by atoms with Crippen LogP contribution in [0, 0.1) is 5.82 Å². The molecule has 0 bridgehead atoms. The largest absolute Gasteiger partial charge is 0.492 e. The predicted molar refractivity (Wildman–Crippen MR) is 79.1 cm³/mol. The first-order valence-electron chi connectivity index (χ1n) is 7.35. The first-order chi connectivity index (χ1) is 11.4. The van der Waals surface area contributed by atoms with E-state index in [0.29, 0.717) is 29.9 Å². The molecule has 0 atom stereocenters. The zero-order valence-corrected chi connectivity index (χ0v) is 12.3. The average molecular weight is 336 g/mol. The second kappa shape index (κ2) is 4.90. The molecular weight excluding hydrogens is 324 g/mol. The van der Waals surface area contributed by atoms with E-state index in [1.807, 2.05) is 0 Å². The fraction of sp³-hybridized carbons (Fsp3) is 0.176. The molecular formula is C17H12F4N2O. The Labute approximate surface area is 134 Å². The van der Waals surface area contributed by atoms with Gasteiger partial charge < -0.3 is 5.11 Å². The van der Waals surface area contributed by atoms with E-state index < -0.39 is 17.6 Å². The zero-order chi connectivity index (χ0) is 17.1. The van der Waals surface area contributed by atoms with Crippen molar-refractivity contribution in [2.24, 2.45) is 0 Å². The molecule has 1 aliphatic heterocycles. The molecule has 0 unspecified atom stereocenters. The van der Waals surface area contributed by atoms with Crippen LogP contribution < -0.4 is 0 Å². The Morgan fingerprint density at radius 1 is 0.917 bits per heavy atom. The number of para-hydroxylation sites is 1. The standard InChI is InChI=1S/C17H12F4N2O/c18-13-3-1-2-10-4-9-14-16(24)22(23(14)15(10)13)12-7-5-11(6-8-12)17(19,20)21/h1-3,5-8,24H,4,9H2.